The third-order valence-corrected chi connectivity index (χ3v) is 4.58. The van der Waals surface area contributed by atoms with Gasteiger partial charge in [0.15, 0.2) is 6.17 Å². The molecular weight excluding hydrogens is 371 g/mol. The molecule has 0 spiro atoms. The van der Waals surface area contributed by atoms with Crippen molar-refractivity contribution in [3.8, 4) is 0 Å². The predicted molar refractivity (Wildman–Crippen MR) is 99.4 cm³/mol. The lowest BCUT2D eigenvalue weighted by molar-refractivity contribution is 0.317. The van der Waals surface area contributed by atoms with Crippen LogP contribution in [-0.2, 0) is 6.54 Å². The van der Waals surface area contributed by atoms with E-state index >= 15 is 0 Å². The van der Waals surface area contributed by atoms with Crippen molar-refractivity contribution in [2.45, 2.75) is 26.1 Å². The molecule has 4 rings (SSSR count). The molecule has 2 heterocycles. The van der Waals surface area contributed by atoms with E-state index < -0.39 is 23.4 Å². The number of anilines is 2. The Morgan fingerprint density at radius 3 is 2.93 bits per heavy atom. The molecular formula is C19H16F3N5O. The standard InChI is InChI=1S/C19H16F3N5O/c1-10-4-17-12(7-23-26-17)6-16(10)24-19-25-18(28)15(22)9-27(19)8-11-2-3-13(20)14(21)5-11/h2-4,6-7,9,14H,5,8H2,1H3,(H,23,26)(H,24,25,28). The van der Waals surface area contributed by atoms with Crippen LogP contribution in [0, 0.1) is 12.7 Å². The third kappa shape index (κ3) is 3.42. The Morgan fingerprint density at radius 2 is 2.14 bits per heavy atom. The molecule has 144 valence electrons. The quantitative estimate of drug-likeness (QED) is 0.713. The largest absolute Gasteiger partial charge is 0.325 e. The van der Waals surface area contributed by atoms with Gasteiger partial charge in [-0.25, -0.2) is 8.78 Å². The Bertz CT molecular complexity index is 1180. The van der Waals surface area contributed by atoms with Gasteiger partial charge in [-0.1, -0.05) is 6.08 Å². The van der Waals surface area contributed by atoms with Crippen LogP contribution in [0.1, 0.15) is 12.0 Å². The van der Waals surface area contributed by atoms with Crippen LogP contribution in [0.5, 0.6) is 0 Å². The van der Waals surface area contributed by atoms with Gasteiger partial charge in [0, 0.05) is 30.2 Å². The monoisotopic (exact) mass is 387 g/mol. The summed E-state index contributed by atoms with van der Waals surface area (Å²) in [5, 5.41) is 10.7. The highest BCUT2D eigenvalue weighted by Crippen LogP contribution is 2.27. The molecule has 2 N–H and O–H groups in total. The van der Waals surface area contributed by atoms with Crippen LogP contribution in [0.2, 0.25) is 0 Å². The minimum absolute atomic E-state index is 0.0593. The molecule has 1 aromatic carbocycles. The Kier molecular flexibility index (Phi) is 4.50. The van der Waals surface area contributed by atoms with Crippen LogP contribution >= 0.6 is 0 Å². The summed E-state index contributed by atoms with van der Waals surface area (Å²) in [5.41, 5.74) is 1.90. The van der Waals surface area contributed by atoms with Gasteiger partial charge in [-0.05, 0) is 36.3 Å². The lowest BCUT2D eigenvalue weighted by atomic mass is 10.0. The number of fused-ring (bicyclic) bond motifs is 1. The summed E-state index contributed by atoms with van der Waals surface area (Å²) in [5.74, 6) is -1.76. The van der Waals surface area contributed by atoms with Crippen LogP contribution in [0.4, 0.5) is 24.8 Å². The maximum absolute atomic E-state index is 13.8. The zero-order valence-electron chi connectivity index (χ0n) is 14.8. The Balaban J connectivity index is 1.71. The first-order valence-electron chi connectivity index (χ1n) is 8.57. The number of hydrogen-bond acceptors (Lipinski definition) is 4. The fraction of sp³-hybridized carbons (Fsp3) is 0.211. The van der Waals surface area contributed by atoms with Crippen molar-refractivity contribution in [1.82, 2.24) is 19.7 Å². The van der Waals surface area contributed by atoms with Crippen molar-refractivity contribution < 1.29 is 13.2 Å². The first kappa shape index (κ1) is 18.0. The Morgan fingerprint density at radius 1 is 1.32 bits per heavy atom. The van der Waals surface area contributed by atoms with Gasteiger partial charge in [0.2, 0.25) is 11.8 Å². The van der Waals surface area contributed by atoms with Gasteiger partial charge in [0.1, 0.15) is 5.83 Å². The van der Waals surface area contributed by atoms with Crippen LogP contribution in [0.25, 0.3) is 10.9 Å². The molecule has 0 saturated carbocycles. The van der Waals surface area contributed by atoms with E-state index in [0.29, 0.717) is 11.3 Å². The molecule has 1 aliphatic rings. The fourth-order valence-electron chi connectivity index (χ4n) is 3.08. The summed E-state index contributed by atoms with van der Waals surface area (Å²) < 4.78 is 42.1. The number of rotatable bonds is 4. The van der Waals surface area contributed by atoms with Crippen molar-refractivity contribution in [2.75, 3.05) is 5.32 Å². The molecule has 1 atom stereocenters. The molecule has 0 aliphatic heterocycles. The summed E-state index contributed by atoms with van der Waals surface area (Å²) in [7, 11) is 0. The van der Waals surface area contributed by atoms with E-state index in [1.54, 1.807) is 6.20 Å². The maximum Gasteiger partial charge on any atom is 0.310 e. The summed E-state index contributed by atoms with van der Waals surface area (Å²) >= 11 is 0. The van der Waals surface area contributed by atoms with Gasteiger partial charge < -0.3 is 9.88 Å². The summed E-state index contributed by atoms with van der Waals surface area (Å²) in [6.45, 7) is 1.92. The number of aromatic nitrogens is 4. The van der Waals surface area contributed by atoms with Crippen molar-refractivity contribution in [3.63, 3.8) is 0 Å². The van der Waals surface area contributed by atoms with Crippen molar-refractivity contribution in [1.29, 1.82) is 0 Å². The fourth-order valence-corrected chi connectivity index (χ4v) is 3.08. The highest BCUT2D eigenvalue weighted by atomic mass is 19.2. The first-order chi connectivity index (χ1) is 13.4. The van der Waals surface area contributed by atoms with Gasteiger partial charge >= 0.3 is 5.56 Å². The lowest BCUT2D eigenvalue weighted by Crippen LogP contribution is -2.21. The number of allylic oxidation sites excluding steroid dienone is 4. The minimum atomic E-state index is -1.72. The second kappa shape index (κ2) is 6.99. The second-order valence-corrected chi connectivity index (χ2v) is 6.64. The number of aromatic amines is 1. The average Bonchev–Trinajstić information content (AvgIpc) is 3.09. The number of halogens is 3. The van der Waals surface area contributed by atoms with Gasteiger partial charge in [-0.3, -0.25) is 9.89 Å². The first-order valence-corrected chi connectivity index (χ1v) is 8.57. The lowest BCUT2D eigenvalue weighted by Gasteiger charge is -2.19. The molecule has 1 aliphatic carbocycles. The molecule has 0 saturated heterocycles. The number of aryl methyl sites for hydroxylation is 1. The van der Waals surface area contributed by atoms with E-state index in [4.69, 9.17) is 0 Å². The number of hydrogen-bond donors (Lipinski definition) is 2. The zero-order valence-corrected chi connectivity index (χ0v) is 14.8. The van der Waals surface area contributed by atoms with Crippen LogP contribution in [0.15, 0.2) is 52.9 Å². The molecule has 9 heteroatoms. The average molecular weight is 387 g/mol. The molecule has 3 aromatic rings. The van der Waals surface area contributed by atoms with Crippen LogP contribution in [-0.4, -0.2) is 25.9 Å². The minimum Gasteiger partial charge on any atom is -0.325 e. The van der Waals surface area contributed by atoms with Crippen molar-refractivity contribution >= 4 is 22.5 Å². The smallest absolute Gasteiger partial charge is 0.310 e. The van der Waals surface area contributed by atoms with Crippen molar-refractivity contribution in [3.05, 3.63) is 69.8 Å². The van der Waals surface area contributed by atoms with E-state index in [1.807, 2.05) is 19.1 Å². The molecule has 0 fully saturated rings. The van der Waals surface area contributed by atoms with E-state index in [-0.39, 0.29) is 18.9 Å². The van der Waals surface area contributed by atoms with E-state index in [2.05, 4.69) is 20.5 Å². The molecule has 0 amide bonds. The van der Waals surface area contributed by atoms with E-state index in [1.165, 1.54) is 10.6 Å². The molecule has 2 aromatic heterocycles. The number of nitrogens with zero attached hydrogens (tertiary/aromatic N) is 3. The van der Waals surface area contributed by atoms with Crippen molar-refractivity contribution in [2.24, 2.45) is 0 Å². The topological polar surface area (TPSA) is 75.6 Å². The molecule has 0 radical (unpaired) electrons. The second-order valence-electron chi connectivity index (χ2n) is 6.64. The number of nitrogens with one attached hydrogen (secondary N) is 2. The molecule has 0 bridgehead atoms. The van der Waals surface area contributed by atoms with Gasteiger partial charge in [0.25, 0.3) is 0 Å². The zero-order chi connectivity index (χ0) is 19.8. The summed E-state index contributed by atoms with van der Waals surface area (Å²) in [4.78, 5) is 15.5. The number of benzene rings is 1. The Hall–Kier alpha value is -3.36. The van der Waals surface area contributed by atoms with Gasteiger partial charge in [-0.15, -0.1) is 0 Å². The summed E-state index contributed by atoms with van der Waals surface area (Å²) in [6.07, 6.45) is 3.30. The molecule has 6 nitrogen and oxygen atoms in total. The highest BCUT2D eigenvalue weighted by Gasteiger charge is 2.20. The van der Waals surface area contributed by atoms with Gasteiger partial charge in [-0.2, -0.15) is 14.5 Å². The molecule has 28 heavy (non-hydrogen) atoms. The number of H-pyrrole nitrogens is 1. The Labute approximate surface area is 157 Å². The normalized spacial score (nSPS) is 16.8. The van der Waals surface area contributed by atoms with E-state index in [0.717, 1.165) is 28.7 Å². The van der Waals surface area contributed by atoms with E-state index in [9.17, 15) is 18.0 Å². The van der Waals surface area contributed by atoms with Crippen LogP contribution in [0.3, 0.4) is 0 Å². The maximum atomic E-state index is 13.8. The number of alkyl halides is 1. The molecule has 1 unspecified atom stereocenters. The van der Waals surface area contributed by atoms with Crippen LogP contribution < -0.4 is 10.9 Å². The summed E-state index contributed by atoms with van der Waals surface area (Å²) in [6, 6.07) is 3.70. The SMILES string of the molecule is Cc1cc2[nH]ncc2cc1Nc1nc(=O)c(F)cn1CC1=CC=C(F)C(F)C1. The van der Waals surface area contributed by atoms with Gasteiger partial charge in [0.05, 0.1) is 11.7 Å². The predicted octanol–water partition coefficient (Wildman–Crippen LogP) is 3.83. The third-order valence-electron chi connectivity index (χ3n) is 4.58. The highest BCUT2D eigenvalue weighted by molar-refractivity contribution is 5.84.